The molecule has 0 spiro atoms. The van der Waals surface area contributed by atoms with Crippen molar-refractivity contribution < 1.29 is 4.79 Å². The van der Waals surface area contributed by atoms with Crippen LogP contribution < -0.4 is 5.32 Å². The standard InChI is InChI=1S/C13H21N5O/c1-13(2,3)17-6-9(7-17)14-12(19)11-8-18(16-15-11)10-4-5-10/h8-10H,4-7H2,1-3H3,(H,14,19). The van der Waals surface area contributed by atoms with Crippen molar-refractivity contribution in [2.75, 3.05) is 13.1 Å². The molecule has 1 saturated heterocycles. The van der Waals surface area contributed by atoms with E-state index >= 15 is 0 Å². The first-order chi connectivity index (χ1) is 8.93. The molecule has 0 radical (unpaired) electrons. The van der Waals surface area contributed by atoms with Crippen LogP contribution in [0.5, 0.6) is 0 Å². The van der Waals surface area contributed by atoms with Gasteiger partial charge in [-0.25, -0.2) is 4.68 Å². The third kappa shape index (κ3) is 2.63. The molecule has 2 aliphatic rings. The highest BCUT2D eigenvalue weighted by molar-refractivity contribution is 5.92. The first-order valence-corrected chi connectivity index (χ1v) is 6.91. The van der Waals surface area contributed by atoms with E-state index < -0.39 is 0 Å². The van der Waals surface area contributed by atoms with Gasteiger partial charge in [0.25, 0.3) is 5.91 Å². The van der Waals surface area contributed by atoms with Crippen LogP contribution in [0.3, 0.4) is 0 Å². The third-order valence-electron chi connectivity index (χ3n) is 3.83. The monoisotopic (exact) mass is 263 g/mol. The predicted octanol–water partition coefficient (Wildman–Crippen LogP) is 0.825. The maximum absolute atomic E-state index is 12.0. The van der Waals surface area contributed by atoms with Crippen molar-refractivity contribution in [3.05, 3.63) is 11.9 Å². The van der Waals surface area contributed by atoms with E-state index in [1.54, 1.807) is 10.9 Å². The summed E-state index contributed by atoms with van der Waals surface area (Å²) < 4.78 is 1.80. The molecule has 1 aliphatic carbocycles. The summed E-state index contributed by atoms with van der Waals surface area (Å²) in [4.78, 5) is 14.4. The zero-order valence-electron chi connectivity index (χ0n) is 11.8. The van der Waals surface area contributed by atoms with Crippen LogP contribution in [0.1, 0.15) is 50.1 Å². The lowest BCUT2D eigenvalue weighted by Crippen LogP contribution is -2.64. The second kappa shape index (κ2) is 4.30. The van der Waals surface area contributed by atoms with Crippen molar-refractivity contribution in [1.29, 1.82) is 0 Å². The van der Waals surface area contributed by atoms with Gasteiger partial charge in [0.1, 0.15) is 0 Å². The van der Waals surface area contributed by atoms with Gasteiger partial charge < -0.3 is 5.32 Å². The SMILES string of the molecule is CC(C)(C)N1CC(NC(=O)c2cn(C3CC3)nn2)C1. The molecule has 2 heterocycles. The van der Waals surface area contributed by atoms with Crippen molar-refractivity contribution >= 4 is 5.91 Å². The first-order valence-electron chi connectivity index (χ1n) is 6.91. The molecule has 1 aromatic rings. The molecule has 1 amide bonds. The number of carbonyl (C=O) groups excluding carboxylic acids is 1. The van der Waals surface area contributed by atoms with E-state index in [1.165, 1.54) is 0 Å². The summed E-state index contributed by atoms with van der Waals surface area (Å²) in [6.45, 7) is 8.38. The normalized spacial score (nSPS) is 21.2. The number of hydrogen-bond donors (Lipinski definition) is 1. The van der Waals surface area contributed by atoms with E-state index in [0.717, 1.165) is 25.9 Å². The number of carbonyl (C=O) groups is 1. The number of rotatable bonds is 3. The van der Waals surface area contributed by atoms with Gasteiger partial charge in [0.2, 0.25) is 0 Å². The molecule has 104 valence electrons. The quantitative estimate of drug-likeness (QED) is 0.877. The number of nitrogens with zero attached hydrogens (tertiary/aromatic N) is 4. The molecule has 6 heteroatoms. The fraction of sp³-hybridized carbons (Fsp3) is 0.769. The molecular weight excluding hydrogens is 242 g/mol. The van der Waals surface area contributed by atoms with Crippen LogP contribution >= 0.6 is 0 Å². The molecule has 1 N–H and O–H groups in total. The highest BCUT2D eigenvalue weighted by Gasteiger charge is 2.35. The summed E-state index contributed by atoms with van der Waals surface area (Å²) in [5, 5.41) is 11.0. The lowest BCUT2D eigenvalue weighted by atomic mass is 9.97. The van der Waals surface area contributed by atoms with Crippen LogP contribution in [-0.4, -0.2) is 50.5 Å². The van der Waals surface area contributed by atoms with E-state index in [-0.39, 0.29) is 17.5 Å². The minimum Gasteiger partial charge on any atom is -0.345 e. The van der Waals surface area contributed by atoms with Crippen molar-refractivity contribution in [2.24, 2.45) is 0 Å². The van der Waals surface area contributed by atoms with Crippen LogP contribution in [-0.2, 0) is 0 Å². The smallest absolute Gasteiger partial charge is 0.273 e. The Bertz CT molecular complexity index is 479. The van der Waals surface area contributed by atoms with Crippen LogP contribution in [0.2, 0.25) is 0 Å². The van der Waals surface area contributed by atoms with Gasteiger partial charge in [-0.2, -0.15) is 0 Å². The van der Waals surface area contributed by atoms with Gasteiger partial charge >= 0.3 is 0 Å². The molecule has 2 fully saturated rings. The Morgan fingerprint density at radius 3 is 2.63 bits per heavy atom. The minimum absolute atomic E-state index is 0.106. The summed E-state index contributed by atoms with van der Waals surface area (Å²) in [7, 11) is 0. The van der Waals surface area contributed by atoms with Gasteiger partial charge in [-0.15, -0.1) is 5.10 Å². The van der Waals surface area contributed by atoms with Crippen molar-refractivity contribution in [2.45, 2.75) is 51.2 Å². The lowest BCUT2D eigenvalue weighted by Gasteiger charge is -2.47. The maximum Gasteiger partial charge on any atom is 0.273 e. The van der Waals surface area contributed by atoms with Crippen LogP contribution in [0, 0.1) is 0 Å². The Kier molecular flexibility index (Phi) is 2.85. The predicted molar refractivity (Wildman–Crippen MR) is 70.9 cm³/mol. The molecule has 0 unspecified atom stereocenters. The summed E-state index contributed by atoms with van der Waals surface area (Å²) >= 11 is 0. The zero-order valence-corrected chi connectivity index (χ0v) is 11.8. The number of likely N-dealkylation sites (tertiary alicyclic amines) is 1. The largest absolute Gasteiger partial charge is 0.345 e. The number of nitrogens with one attached hydrogen (secondary N) is 1. The maximum atomic E-state index is 12.0. The Morgan fingerprint density at radius 2 is 2.05 bits per heavy atom. The molecule has 1 aromatic heterocycles. The fourth-order valence-electron chi connectivity index (χ4n) is 2.28. The first kappa shape index (κ1) is 12.6. The van der Waals surface area contributed by atoms with Gasteiger partial charge in [-0.3, -0.25) is 9.69 Å². The van der Waals surface area contributed by atoms with Gasteiger partial charge in [-0.1, -0.05) is 5.21 Å². The molecule has 1 saturated carbocycles. The molecular formula is C13H21N5O. The molecule has 1 aliphatic heterocycles. The molecule has 0 bridgehead atoms. The van der Waals surface area contributed by atoms with Crippen LogP contribution in [0.4, 0.5) is 0 Å². The number of hydrogen-bond acceptors (Lipinski definition) is 4. The molecule has 0 atom stereocenters. The van der Waals surface area contributed by atoms with Crippen molar-refractivity contribution in [3.63, 3.8) is 0 Å². The third-order valence-corrected chi connectivity index (χ3v) is 3.83. The fourth-order valence-corrected chi connectivity index (χ4v) is 2.28. The second-order valence-corrected chi connectivity index (χ2v) is 6.56. The second-order valence-electron chi connectivity index (χ2n) is 6.56. The summed E-state index contributed by atoms with van der Waals surface area (Å²) in [6.07, 6.45) is 4.05. The van der Waals surface area contributed by atoms with E-state index in [4.69, 9.17) is 0 Å². The average Bonchev–Trinajstić information content (AvgIpc) is 2.99. The topological polar surface area (TPSA) is 63.1 Å². The van der Waals surface area contributed by atoms with Gasteiger partial charge in [0, 0.05) is 18.6 Å². The van der Waals surface area contributed by atoms with E-state index in [0.29, 0.717) is 11.7 Å². The lowest BCUT2D eigenvalue weighted by molar-refractivity contribution is 0.0330. The van der Waals surface area contributed by atoms with E-state index in [9.17, 15) is 4.79 Å². The van der Waals surface area contributed by atoms with Gasteiger partial charge in [-0.05, 0) is 33.6 Å². The van der Waals surface area contributed by atoms with E-state index in [2.05, 4.69) is 41.3 Å². The van der Waals surface area contributed by atoms with Crippen LogP contribution in [0.25, 0.3) is 0 Å². The Labute approximate surface area is 113 Å². The van der Waals surface area contributed by atoms with Crippen LogP contribution in [0.15, 0.2) is 6.20 Å². The summed E-state index contributed by atoms with van der Waals surface area (Å²) in [5.41, 5.74) is 0.609. The van der Waals surface area contributed by atoms with Gasteiger partial charge in [0.15, 0.2) is 5.69 Å². The zero-order chi connectivity index (χ0) is 13.6. The molecule has 3 rings (SSSR count). The Morgan fingerprint density at radius 1 is 1.37 bits per heavy atom. The number of amides is 1. The molecule has 6 nitrogen and oxygen atoms in total. The van der Waals surface area contributed by atoms with E-state index in [1.807, 2.05) is 0 Å². The summed E-state index contributed by atoms with van der Waals surface area (Å²) in [5.74, 6) is -0.106. The Hall–Kier alpha value is -1.43. The Balaban J connectivity index is 1.52. The van der Waals surface area contributed by atoms with Crippen molar-refractivity contribution in [3.8, 4) is 0 Å². The minimum atomic E-state index is -0.106. The molecule has 19 heavy (non-hydrogen) atoms. The van der Waals surface area contributed by atoms with Crippen molar-refractivity contribution in [1.82, 2.24) is 25.2 Å². The average molecular weight is 263 g/mol. The van der Waals surface area contributed by atoms with Gasteiger partial charge in [0.05, 0.1) is 18.3 Å². The number of aromatic nitrogens is 3. The highest BCUT2D eigenvalue weighted by atomic mass is 16.2. The highest BCUT2D eigenvalue weighted by Crippen LogP contribution is 2.33. The summed E-state index contributed by atoms with van der Waals surface area (Å²) in [6, 6.07) is 0.701. The molecule has 0 aromatic carbocycles.